The molecule has 0 aliphatic rings. The Bertz CT molecular complexity index is 396. The van der Waals surface area contributed by atoms with Crippen molar-refractivity contribution >= 4 is 6.09 Å². The Labute approximate surface area is 114 Å². The quantitative estimate of drug-likeness (QED) is 0.852. The second kappa shape index (κ2) is 7.13. The number of carbonyl (C=O) groups is 1. The van der Waals surface area contributed by atoms with Crippen LogP contribution in [-0.4, -0.2) is 41.5 Å². The molecule has 0 aliphatic heterocycles. The standard InChI is InChI=1S/C13H23N3O3/c1-13(2,3)19-12(17)15-6-5-11-9-14-10-16(11)7-8-18-4/h9-10H,5-8H2,1-4H3,(H,15,17). The third kappa shape index (κ3) is 6.24. The molecule has 1 N–H and O–H groups in total. The van der Waals surface area contributed by atoms with E-state index < -0.39 is 11.7 Å². The highest BCUT2D eigenvalue weighted by Gasteiger charge is 2.15. The summed E-state index contributed by atoms with van der Waals surface area (Å²) < 4.78 is 12.2. The van der Waals surface area contributed by atoms with Crippen molar-refractivity contribution < 1.29 is 14.3 Å². The van der Waals surface area contributed by atoms with Crippen molar-refractivity contribution in [3.05, 3.63) is 18.2 Å². The van der Waals surface area contributed by atoms with Gasteiger partial charge in [-0.25, -0.2) is 9.78 Å². The Kier molecular flexibility index (Phi) is 5.82. The molecule has 0 aromatic carbocycles. The first-order valence-electron chi connectivity index (χ1n) is 6.37. The van der Waals surface area contributed by atoms with Crippen molar-refractivity contribution in [2.75, 3.05) is 20.3 Å². The summed E-state index contributed by atoms with van der Waals surface area (Å²) in [5, 5.41) is 2.73. The number of hydrogen-bond donors (Lipinski definition) is 1. The maximum Gasteiger partial charge on any atom is 0.407 e. The Morgan fingerprint density at radius 2 is 2.21 bits per heavy atom. The molecule has 6 nitrogen and oxygen atoms in total. The lowest BCUT2D eigenvalue weighted by molar-refractivity contribution is 0.0528. The second-order valence-electron chi connectivity index (χ2n) is 5.25. The van der Waals surface area contributed by atoms with E-state index in [1.54, 1.807) is 19.6 Å². The molecule has 0 unspecified atom stereocenters. The first-order valence-corrected chi connectivity index (χ1v) is 6.37. The van der Waals surface area contributed by atoms with Crippen LogP contribution in [0.1, 0.15) is 26.5 Å². The SMILES string of the molecule is COCCn1cncc1CCNC(=O)OC(C)(C)C. The smallest absolute Gasteiger partial charge is 0.407 e. The molecule has 1 amide bonds. The zero-order chi connectivity index (χ0) is 14.3. The number of ether oxygens (including phenoxy) is 2. The normalized spacial score (nSPS) is 11.4. The van der Waals surface area contributed by atoms with Gasteiger partial charge in [-0.15, -0.1) is 0 Å². The van der Waals surface area contributed by atoms with Crippen LogP contribution in [-0.2, 0) is 22.4 Å². The summed E-state index contributed by atoms with van der Waals surface area (Å²) in [5.74, 6) is 0. The predicted octanol–water partition coefficient (Wildman–Crippen LogP) is 1.60. The van der Waals surface area contributed by atoms with Gasteiger partial charge in [0.05, 0.1) is 12.9 Å². The van der Waals surface area contributed by atoms with Gasteiger partial charge in [-0.2, -0.15) is 0 Å². The minimum absolute atomic E-state index is 0.393. The molecule has 0 atom stereocenters. The predicted molar refractivity (Wildman–Crippen MR) is 72.0 cm³/mol. The van der Waals surface area contributed by atoms with E-state index >= 15 is 0 Å². The van der Waals surface area contributed by atoms with Gasteiger partial charge in [-0.3, -0.25) is 0 Å². The number of nitrogens with zero attached hydrogens (tertiary/aromatic N) is 2. The zero-order valence-electron chi connectivity index (χ0n) is 12.1. The van der Waals surface area contributed by atoms with E-state index in [2.05, 4.69) is 10.3 Å². The Morgan fingerprint density at radius 3 is 2.84 bits per heavy atom. The average molecular weight is 269 g/mol. The summed E-state index contributed by atoms with van der Waals surface area (Å²) in [5.41, 5.74) is 0.595. The lowest BCUT2D eigenvalue weighted by atomic mass is 10.2. The van der Waals surface area contributed by atoms with Crippen molar-refractivity contribution in [1.29, 1.82) is 0 Å². The lowest BCUT2D eigenvalue weighted by Crippen LogP contribution is -2.33. The van der Waals surface area contributed by atoms with E-state index in [0.717, 1.165) is 12.2 Å². The first kappa shape index (κ1) is 15.5. The van der Waals surface area contributed by atoms with Crippen LogP contribution in [0.15, 0.2) is 12.5 Å². The third-order valence-corrected chi connectivity index (χ3v) is 2.38. The highest BCUT2D eigenvalue weighted by Crippen LogP contribution is 2.06. The lowest BCUT2D eigenvalue weighted by Gasteiger charge is -2.19. The summed E-state index contributed by atoms with van der Waals surface area (Å²) in [6.45, 7) is 7.44. The van der Waals surface area contributed by atoms with E-state index in [1.807, 2.05) is 25.3 Å². The Balaban J connectivity index is 2.33. The molecule has 1 heterocycles. The molecule has 1 aromatic rings. The molecular formula is C13H23N3O3. The van der Waals surface area contributed by atoms with Gasteiger partial charge in [0.1, 0.15) is 5.60 Å². The van der Waals surface area contributed by atoms with E-state index in [9.17, 15) is 4.79 Å². The van der Waals surface area contributed by atoms with Gasteiger partial charge in [-0.1, -0.05) is 0 Å². The summed E-state index contributed by atoms with van der Waals surface area (Å²) in [7, 11) is 1.67. The fourth-order valence-corrected chi connectivity index (χ4v) is 1.55. The molecule has 1 aromatic heterocycles. The molecule has 6 heteroatoms. The molecule has 0 spiro atoms. The van der Waals surface area contributed by atoms with Gasteiger partial charge in [0.15, 0.2) is 0 Å². The van der Waals surface area contributed by atoms with Gasteiger partial charge in [-0.05, 0) is 20.8 Å². The molecule has 0 saturated heterocycles. The molecule has 0 bridgehead atoms. The minimum atomic E-state index is -0.468. The molecular weight excluding hydrogens is 246 g/mol. The van der Waals surface area contributed by atoms with Crippen LogP contribution in [0.4, 0.5) is 4.79 Å². The number of aromatic nitrogens is 2. The molecule has 0 fully saturated rings. The van der Waals surface area contributed by atoms with Crippen molar-refractivity contribution in [2.24, 2.45) is 0 Å². The van der Waals surface area contributed by atoms with Crippen LogP contribution in [0.5, 0.6) is 0 Å². The maximum absolute atomic E-state index is 11.5. The van der Waals surface area contributed by atoms with E-state index in [1.165, 1.54) is 0 Å². The number of rotatable bonds is 6. The third-order valence-electron chi connectivity index (χ3n) is 2.38. The topological polar surface area (TPSA) is 65.4 Å². The van der Waals surface area contributed by atoms with Crippen LogP contribution in [0.3, 0.4) is 0 Å². The summed E-state index contributed by atoms with van der Waals surface area (Å²) in [6.07, 6.45) is 3.88. The van der Waals surface area contributed by atoms with Crippen LogP contribution in [0.2, 0.25) is 0 Å². The fraction of sp³-hybridized carbons (Fsp3) is 0.692. The van der Waals surface area contributed by atoms with E-state index in [0.29, 0.717) is 19.6 Å². The number of carbonyl (C=O) groups excluding carboxylic acids is 1. The van der Waals surface area contributed by atoms with E-state index in [-0.39, 0.29) is 0 Å². The first-order chi connectivity index (χ1) is 8.92. The van der Waals surface area contributed by atoms with Gasteiger partial charge in [0.25, 0.3) is 0 Å². The van der Waals surface area contributed by atoms with Crippen LogP contribution in [0.25, 0.3) is 0 Å². The van der Waals surface area contributed by atoms with Gasteiger partial charge < -0.3 is 19.4 Å². The number of imidazole rings is 1. The number of nitrogens with one attached hydrogen (secondary N) is 1. The molecule has 1 rings (SSSR count). The van der Waals surface area contributed by atoms with Crippen molar-refractivity contribution in [1.82, 2.24) is 14.9 Å². The second-order valence-corrected chi connectivity index (χ2v) is 5.25. The monoisotopic (exact) mass is 269 g/mol. The van der Waals surface area contributed by atoms with Gasteiger partial charge >= 0.3 is 6.09 Å². The number of hydrogen-bond acceptors (Lipinski definition) is 4. The van der Waals surface area contributed by atoms with Crippen molar-refractivity contribution in [2.45, 2.75) is 39.3 Å². The van der Waals surface area contributed by atoms with Gasteiger partial charge in [0.2, 0.25) is 0 Å². The van der Waals surface area contributed by atoms with Crippen LogP contribution >= 0.6 is 0 Å². The molecule has 19 heavy (non-hydrogen) atoms. The average Bonchev–Trinajstić information content (AvgIpc) is 2.71. The zero-order valence-corrected chi connectivity index (χ0v) is 12.1. The maximum atomic E-state index is 11.5. The van der Waals surface area contributed by atoms with Crippen molar-refractivity contribution in [3.8, 4) is 0 Å². The number of amides is 1. The summed E-state index contributed by atoms with van der Waals surface area (Å²) >= 11 is 0. The molecule has 0 aliphatic carbocycles. The van der Waals surface area contributed by atoms with E-state index in [4.69, 9.17) is 9.47 Å². The molecule has 0 radical (unpaired) electrons. The molecule has 108 valence electrons. The summed E-state index contributed by atoms with van der Waals surface area (Å²) in [6, 6.07) is 0. The molecule has 0 saturated carbocycles. The highest BCUT2D eigenvalue weighted by molar-refractivity contribution is 5.67. The summed E-state index contributed by atoms with van der Waals surface area (Å²) in [4.78, 5) is 15.6. The van der Waals surface area contributed by atoms with Gasteiger partial charge in [0, 0.05) is 38.5 Å². The van der Waals surface area contributed by atoms with Crippen LogP contribution in [0, 0.1) is 0 Å². The largest absolute Gasteiger partial charge is 0.444 e. The Hall–Kier alpha value is -1.56. The number of alkyl carbamates (subject to hydrolysis) is 1. The van der Waals surface area contributed by atoms with Crippen LogP contribution < -0.4 is 5.32 Å². The fourth-order valence-electron chi connectivity index (χ4n) is 1.55. The Morgan fingerprint density at radius 1 is 1.47 bits per heavy atom. The van der Waals surface area contributed by atoms with Crippen molar-refractivity contribution in [3.63, 3.8) is 0 Å². The minimum Gasteiger partial charge on any atom is -0.444 e. The number of methoxy groups -OCH3 is 1. The highest BCUT2D eigenvalue weighted by atomic mass is 16.6.